The molecule has 36 heavy (non-hydrogen) atoms. The highest BCUT2D eigenvalue weighted by Crippen LogP contribution is 2.39. The Balaban J connectivity index is 1.54. The van der Waals surface area contributed by atoms with Gasteiger partial charge in [0.2, 0.25) is 5.82 Å². The zero-order valence-electron chi connectivity index (χ0n) is 19.7. The number of hydrogen-bond acceptors (Lipinski definition) is 7. The normalized spacial score (nSPS) is 12.7. The summed E-state index contributed by atoms with van der Waals surface area (Å²) in [5.41, 5.74) is 5.28. The topological polar surface area (TPSA) is 143 Å². The summed E-state index contributed by atoms with van der Waals surface area (Å²) in [6, 6.07) is 11.1. The zero-order chi connectivity index (χ0) is 25.4. The lowest BCUT2D eigenvalue weighted by Gasteiger charge is -2.17. The molecule has 1 aromatic carbocycles. The quantitative estimate of drug-likeness (QED) is 0.300. The fraction of sp³-hybridized carbons (Fsp3) is 0.240. The number of hydrogen-bond donors (Lipinski definition) is 2. The molecule has 0 unspecified atom stereocenters. The van der Waals surface area contributed by atoms with Crippen LogP contribution in [0, 0.1) is 6.92 Å². The molecule has 4 aromatic rings. The average molecular weight is 486 g/mol. The number of nitrogens with one attached hydrogen (secondary N) is 1. The van der Waals surface area contributed by atoms with Gasteiger partial charge in [0.25, 0.3) is 5.91 Å². The Labute approximate surface area is 205 Å². The molecule has 0 spiro atoms. The van der Waals surface area contributed by atoms with Crippen LogP contribution >= 0.6 is 0 Å². The number of nitrogens with zero attached hydrogens (tertiary/aromatic N) is 6. The molecule has 0 aliphatic carbocycles. The third-order valence-corrected chi connectivity index (χ3v) is 6.18. The van der Waals surface area contributed by atoms with Gasteiger partial charge in [0.05, 0.1) is 5.52 Å². The Kier molecular flexibility index (Phi) is 5.88. The summed E-state index contributed by atoms with van der Waals surface area (Å²) < 4.78 is 1.83. The first-order chi connectivity index (χ1) is 17.3. The van der Waals surface area contributed by atoms with Crippen LogP contribution in [0.4, 0.5) is 4.79 Å². The monoisotopic (exact) mass is 485 g/mol. The molecule has 182 valence electrons. The maximum absolute atomic E-state index is 13.3. The van der Waals surface area contributed by atoms with E-state index in [9.17, 15) is 14.4 Å². The fourth-order valence-electron chi connectivity index (χ4n) is 4.47. The van der Waals surface area contributed by atoms with Crippen LogP contribution in [0.2, 0.25) is 0 Å². The van der Waals surface area contributed by atoms with Gasteiger partial charge < -0.3 is 19.7 Å². The molecule has 0 saturated carbocycles. The molecule has 5 rings (SSSR count). The van der Waals surface area contributed by atoms with Crippen molar-refractivity contribution < 1.29 is 19.5 Å². The van der Waals surface area contributed by atoms with Gasteiger partial charge in [0, 0.05) is 48.1 Å². The molecule has 11 nitrogen and oxygen atoms in total. The third-order valence-electron chi connectivity index (χ3n) is 6.18. The molecule has 0 fully saturated rings. The molecular weight excluding hydrogens is 462 g/mol. The summed E-state index contributed by atoms with van der Waals surface area (Å²) in [6.45, 7) is 4.31. The van der Waals surface area contributed by atoms with Gasteiger partial charge in [-0.15, -0.1) is 20.4 Å². The highest BCUT2D eigenvalue weighted by Gasteiger charge is 2.34. The maximum Gasteiger partial charge on any atom is 0.404 e. The van der Waals surface area contributed by atoms with Gasteiger partial charge in [0.1, 0.15) is 5.69 Å². The van der Waals surface area contributed by atoms with E-state index < -0.39 is 6.09 Å². The van der Waals surface area contributed by atoms with Crippen molar-refractivity contribution in [1.82, 2.24) is 35.0 Å². The number of carbonyl (C=O) groups is 3. The predicted molar refractivity (Wildman–Crippen MR) is 130 cm³/mol. The standard InChI is InChI=1S/C25H23N7O4/c1-14(33)18-8-11-32-20(12-18)21(16-4-6-17(7-5-16)23-29-27-15(2)28-30-23)19-13-31(24(34)22(19)32)10-3-9-26-25(35)36/h4-8,11-12,26H,3,9-10,13H2,1-2H3,(H,35,36). The Morgan fingerprint density at radius 1 is 1.06 bits per heavy atom. The minimum atomic E-state index is -1.09. The molecule has 1 aliphatic heterocycles. The second kappa shape index (κ2) is 9.17. The minimum Gasteiger partial charge on any atom is -0.465 e. The van der Waals surface area contributed by atoms with E-state index in [-0.39, 0.29) is 18.2 Å². The first-order valence-electron chi connectivity index (χ1n) is 11.4. The van der Waals surface area contributed by atoms with Crippen LogP contribution < -0.4 is 5.32 Å². The Morgan fingerprint density at radius 2 is 1.75 bits per heavy atom. The fourth-order valence-corrected chi connectivity index (χ4v) is 4.47. The maximum atomic E-state index is 13.3. The summed E-state index contributed by atoms with van der Waals surface area (Å²) in [5, 5.41) is 27.2. The van der Waals surface area contributed by atoms with Gasteiger partial charge in [0.15, 0.2) is 11.6 Å². The van der Waals surface area contributed by atoms with Crippen molar-refractivity contribution in [3.63, 3.8) is 0 Å². The van der Waals surface area contributed by atoms with E-state index in [1.54, 1.807) is 24.1 Å². The second-order valence-corrected chi connectivity index (χ2v) is 8.59. The van der Waals surface area contributed by atoms with Crippen molar-refractivity contribution in [3.05, 3.63) is 65.2 Å². The van der Waals surface area contributed by atoms with Crippen LogP contribution in [0.3, 0.4) is 0 Å². The Bertz CT molecular complexity index is 1490. The lowest BCUT2D eigenvalue weighted by Crippen LogP contribution is -2.30. The Hall–Kier alpha value is -4.67. The summed E-state index contributed by atoms with van der Waals surface area (Å²) >= 11 is 0. The second-order valence-electron chi connectivity index (χ2n) is 8.59. The van der Waals surface area contributed by atoms with Gasteiger partial charge in [-0.2, -0.15) is 0 Å². The summed E-state index contributed by atoms with van der Waals surface area (Å²) in [6.07, 6.45) is 1.17. The molecule has 0 bridgehead atoms. The lowest BCUT2D eigenvalue weighted by molar-refractivity contribution is 0.0771. The van der Waals surface area contributed by atoms with Crippen LogP contribution in [0.25, 0.3) is 28.0 Å². The lowest BCUT2D eigenvalue weighted by atomic mass is 9.99. The van der Waals surface area contributed by atoms with Crippen LogP contribution in [0.1, 0.15) is 45.6 Å². The number of benzene rings is 1. The Morgan fingerprint density at radius 3 is 2.42 bits per heavy atom. The third kappa shape index (κ3) is 4.15. The number of amides is 2. The van der Waals surface area contributed by atoms with Crippen molar-refractivity contribution in [2.75, 3.05) is 13.1 Å². The number of aryl methyl sites for hydroxylation is 1. The number of Topliss-reactive ketones (excluding diaryl/α,β-unsaturated/α-hetero) is 1. The largest absolute Gasteiger partial charge is 0.465 e. The van der Waals surface area contributed by atoms with E-state index >= 15 is 0 Å². The van der Waals surface area contributed by atoms with Gasteiger partial charge >= 0.3 is 6.09 Å². The number of carboxylic acid groups (broad SMARTS) is 1. The molecule has 4 heterocycles. The average Bonchev–Trinajstić information content (AvgIpc) is 3.35. The van der Waals surface area contributed by atoms with E-state index in [1.807, 2.05) is 34.7 Å². The zero-order valence-corrected chi connectivity index (χ0v) is 19.7. The van der Waals surface area contributed by atoms with Gasteiger partial charge in [-0.05, 0) is 38.0 Å². The first kappa shape index (κ1) is 23.1. The number of pyridine rings is 1. The summed E-state index contributed by atoms with van der Waals surface area (Å²) in [7, 11) is 0. The molecular formula is C25H23N7O4. The summed E-state index contributed by atoms with van der Waals surface area (Å²) in [4.78, 5) is 37.9. The van der Waals surface area contributed by atoms with Crippen LogP contribution in [-0.4, -0.2) is 65.7 Å². The van der Waals surface area contributed by atoms with E-state index in [2.05, 4.69) is 25.7 Å². The molecule has 0 atom stereocenters. The highest BCUT2D eigenvalue weighted by molar-refractivity contribution is 6.05. The minimum absolute atomic E-state index is 0.0597. The SMILES string of the molecule is CC(=O)c1ccn2c3c(c(-c4ccc(-c5nnc(C)nn5)cc4)c2c1)CN(CCCNC(=O)O)C3=O. The number of ketones is 1. The molecule has 1 aliphatic rings. The van der Waals surface area contributed by atoms with E-state index in [0.29, 0.717) is 42.4 Å². The molecule has 2 amide bonds. The van der Waals surface area contributed by atoms with Crippen LogP contribution in [0.5, 0.6) is 0 Å². The molecule has 2 N–H and O–H groups in total. The van der Waals surface area contributed by atoms with Crippen molar-refractivity contribution in [2.45, 2.75) is 26.8 Å². The van der Waals surface area contributed by atoms with E-state index in [0.717, 1.165) is 27.8 Å². The van der Waals surface area contributed by atoms with Gasteiger partial charge in [-0.25, -0.2) is 4.79 Å². The molecule has 0 saturated heterocycles. The number of rotatable bonds is 7. The smallest absolute Gasteiger partial charge is 0.404 e. The van der Waals surface area contributed by atoms with Crippen LogP contribution in [-0.2, 0) is 6.54 Å². The van der Waals surface area contributed by atoms with E-state index in [1.165, 1.54) is 6.92 Å². The number of fused-ring (bicyclic) bond motifs is 3. The number of aromatic nitrogens is 5. The summed E-state index contributed by atoms with van der Waals surface area (Å²) in [5.74, 6) is 0.712. The van der Waals surface area contributed by atoms with Crippen molar-refractivity contribution >= 4 is 23.3 Å². The molecule has 3 aromatic heterocycles. The van der Waals surface area contributed by atoms with Crippen LogP contribution in [0.15, 0.2) is 42.6 Å². The first-order valence-corrected chi connectivity index (χ1v) is 11.4. The molecule has 0 radical (unpaired) electrons. The van der Waals surface area contributed by atoms with Crippen molar-refractivity contribution in [3.8, 4) is 22.5 Å². The highest BCUT2D eigenvalue weighted by atomic mass is 16.4. The predicted octanol–water partition coefficient (Wildman–Crippen LogP) is 2.98. The van der Waals surface area contributed by atoms with Gasteiger partial charge in [-0.1, -0.05) is 24.3 Å². The molecule has 11 heteroatoms. The number of carbonyl (C=O) groups excluding carboxylic acids is 2. The van der Waals surface area contributed by atoms with Gasteiger partial charge in [-0.3, -0.25) is 9.59 Å². The van der Waals surface area contributed by atoms with E-state index in [4.69, 9.17) is 5.11 Å². The van der Waals surface area contributed by atoms with Crippen molar-refractivity contribution in [1.29, 1.82) is 0 Å². The van der Waals surface area contributed by atoms with Crippen molar-refractivity contribution in [2.24, 2.45) is 0 Å².